The molecule has 6 aromatic heterocycles. The molecule has 0 aliphatic rings. The van der Waals surface area contributed by atoms with Crippen LogP contribution in [-0.4, -0.2) is 49.0 Å². The van der Waals surface area contributed by atoms with Gasteiger partial charge in [-0.25, -0.2) is 4.98 Å². The summed E-state index contributed by atoms with van der Waals surface area (Å²) in [5.74, 6) is 1.50. The summed E-state index contributed by atoms with van der Waals surface area (Å²) in [6.07, 6.45) is 8.61. The third kappa shape index (κ3) is 4.98. The molecule has 0 bridgehead atoms. The normalized spacial score (nSPS) is 11.8. The monoisotopic (exact) mass is 744 g/mol. The molecule has 0 aliphatic carbocycles. The number of benzene rings is 6. The minimum Gasteiger partial charge on any atom is -0.307 e. The third-order valence-electron chi connectivity index (χ3n) is 10.8. The molecule has 12 rings (SSSR count). The van der Waals surface area contributed by atoms with Crippen LogP contribution in [0, 0.1) is 0 Å². The Kier molecular flexibility index (Phi) is 6.99. The van der Waals surface area contributed by atoms with E-state index in [2.05, 4.69) is 119 Å². The molecular formula is C48H28N10. The predicted octanol–water partition coefficient (Wildman–Crippen LogP) is 10.3. The van der Waals surface area contributed by atoms with Crippen LogP contribution >= 0.6 is 0 Å². The van der Waals surface area contributed by atoms with Crippen molar-refractivity contribution in [3.8, 4) is 45.7 Å². The molecular weight excluding hydrogens is 717 g/mol. The van der Waals surface area contributed by atoms with Gasteiger partial charge in [0.1, 0.15) is 0 Å². The number of fused-ring (bicyclic) bond motifs is 9. The van der Waals surface area contributed by atoms with Crippen LogP contribution in [0.25, 0.3) is 111 Å². The van der Waals surface area contributed by atoms with E-state index in [0.717, 1.165) is 93.8 Å². The summed E-state index contributed by atoms with van der Waals surface area (Å²) >= 11 is 0. The number of pyridine rings is 1. The summed E-state index contributed by atoms with van der Waals surface area (Å²) in [5, 5.41) is 4.43. The Morgan fingerprint density at radius 3 is 1.53 bits per heavy atom. The van der Waals surface area contributed by atoms with E-state index in [9.17, 15) is 0 Å². The van der Waals surface area contributed by atoms with Crippen molar-refractivity contribution in [3.05, 3.63) is 171 Å². The minimum atomic E-state index is 0.483. The predicted molar refractivity (Wildman–Crippen MR) is 229 cm³/mol. The van der Waals surface area contributed by atoms with Crippen LogP contribution in [0.15, 0.2) is 171 Å². The smallest absolute Gasteiger partial charge is 0.238 e. The zero-order chi connectivity index (χ0) is 38.2. The van der Waals surface area contributed by atoms with Crippen LogP contribution in [0.4, 0.5) is 0 Å². The Labute approximate surface area is 329 Å². The van der Waals surface area contributed by atoms with E-state index in [1.165, 1.54) is 0 Å². The molecule has 0 fully saturated rings. The molecule has 10 heteroatoms. The molecule has 0 spiro atoms. The number of aromatic nitrogens is 10. The second-order valence-electron chi connectivity index (χ2n) is 14.1. The summed E-state index contributed by atoms with van der Waals surface area (Å²) < 4.78 is 4.56. The van der Waals surface area contributed by atoms with E-state index in [0.29, 0.717) is 17.6 Å². The van der Waals surface area contributed by atoms with Crippen molar-refractivity contribution in [2.24, 2.45) is 0 Å². The molecule has 6 heterocycles. The van der Waals surface area contributed by atoms with Crippen LogP contribution in [0.1, 0.15) is 0 Å². The Balaban J connectivity index is 1.20. The average molecular weight is 745 g/mol. The molecule has 6 aromatic carbocycles. The fourth-order valence-corrected chi connectivity index (χ4v) is 8.24. The van der Waals surface area contributed by atoms with Gasteiger partial charge in [-0.2, -0.15) is 9.97 Å². The molecule has 12 aromatic rings. The number of hydrogen-bond donors (Lipinski definition) is 0. The summed E-state index contributed by atoms with van der Waals surface area (Å²) in [7, 11) is 0. The maximum Gasteiger partial charge on any atom is 0.238 e. The number of rotatable bonds is 5. The largest absolute Gasteiger partial charge is 0.307 e. The lowest BCUT2D eigenvalue weighted by molar-refractivity contribution is 0.953. The molecule has 10 nitrogen and oxygen atoms in total. The Morgan fingerprint density at radius 1 is 0.345 bits per heavy atom. The van der Waals surface area contributed by atoms with Gasteiger partial charge in [0, 0.05) is 74.9 Å². The van der Waals surface area contributed by atoms with Gasteiger partial charge in [0.15, 0.2) is 11.6 Å². The summed E-state index contributed by atoms with van der Waals surface area (Å²) in [6.45, 7) is 0. The Morgan fingerprint density at radius 2 is 0.914 bits per heavy atom. The molecule has 0 aliphatic heterocycles. The van der Waals surface area contributed by atoms with Crippen molar-refractivity contribution in [3.63, 3.8) is 0 Å². The highest BCUT2D eigenvalue weighted by molar-refractivity contribution is 6.23. The molecule has 0 amide bonds. The van der Waals surface area contributed by atoms with Crippen LogP contribution in [0.3, 0.4) is 0 Å². The second kappa shape index (κ2) is 12.7. The number of hydrogen-bond acceptors (Lipinski definition) is 8. The van der Waals surface area contributed by atoms with E-state index >= 15 is 0 Å². The Bertz CT molecular complexity index is 3490. The lowest BCUT2D eigenvalue weighted by Crippen LogP contribution is -2.07. The van der Waals surface area contributed by atoms with Gasteiger partial charge in [-0.05, 0) is 72.8 Å². The van der Waals surface area contributed by atoms with Crippen molar-refractivity contribution in [2.75, 3.05) is 0 Å². The topological polar surface area (TPSA) is 113 Å². The fourth-order valence-electron chi connectivity index (χ4n) is 8.24. The van der Waals surface area contributed by atoms with Gasteiger partial charge in [-0.15, -0.1) is 0 Å². The molecule has 0 atom stereocenters. The SMILES string of the molecule is c1ccc(-c2cccc(-n3c4ccccc4c4ccc5c6ccccc6n(-c6nc(-c7ccc8nccnc8c7)nc(-c7ccc8nccnc8c7)n6)c5c43)c2)nc1. The minimum absolute atomic E-state index is 0.483. The highest BCUT2D eigenvalue weighted by Crippen LogP contribution is 2.42. The first-order chi connectivity index (χ1) is 28.7. The molecule has 270 valence electrons. The van der Waals surface area contributed by atoms with Gasteiger partial charge >= 0.3 is 0 Å². The van der Waals surface area contributed by atoms with Crippen molar-refractivity contribution < 1.29 is 0 Å². The highest BCUT2D eigenvalue weighted by Gasteiger charge is 2.24. The molecule has 0 saturated carbocycles. The molecule has 0 unspecified atom stereocenters. The highest BCUT2D eigenvalue weighted by atomic mass is 15.2. The van der Waals surface area contributed by atoms with Gasteiger partial charge in [0.05, 0.1) is 49.8 Å². The Hall–Kier alpha value is -8.24. The van der Waals surface area contributed by atoms with E-state index < -0.39 is 0 Å². The lowest BCUT2D eigenvalue weighted by atomic mass is 10.1. The van der Waals surface area contributed by atoms with Crippen LogP contribution in [-0.2, 0) is 0 Å². The summed E-state index contributed by atoms with van der Waals surface area (Å²) in [6, 6.07) is 47.9. The van der Waals surface area contributed by atoms with Gasteiger partial charge in [0.25, 0.3) is 0 Å². The molecule has 0 N–H and O–H groups in total. The number of para-hydroxylation sites is 2. The standard InChI is InChI=1S/C48H28N10/c1-3-13-42-33(10-1)35-17-18-36-34-11-2-4-14-43(34)58(45(36)44(35)57(42)32-9-7-8-29(26-32)37-12-5-6-21-49-37)48-55-46(30-15-19-38-40(27-30)52-24-22-50-38)54-47(56-48)31-16-20-39-41(28-31)53-25-23-51-39/h1-28H. The maximum absolute atomic E-state index is 5.31. The van der Waals surface area contributed by atoms with Crippen molar-refractivity contribution in [1.82, 2.24) is 49.0 Å². The van der Waals surface area contributed by atoms with Gasteiger partial charge in [0.2, 0.25) is 5.95 Å². The van der Waals surface area contributed by atoms with Crippen molar-refractivity contribution in [2.45, 2.75) is 0 Å². The van der Waals surface area contributed by atoms with Gasteiger partial charge in [-0.1, -0.05) is 66.7 Å². The van der Waals surface area contributed by atoms with E-state index in [1.807, 2.05) is 60.8 Å². The quantitative estimate of drug-likeness (QED) is 0.171. The first-order valence-electron chi connectivity index (χ1n) is 18.9. The van der Waals surface area contributed by atoms with Crippen LogP contribution in [0.2, 0.25) is 0 Å². The van der Waals surface area contributed by atoms with Gasteiger partial charge in [-0.3, -0.25) is 29.5 Å². The molecule has 0 radical (unpaired) electrons. The number of nitrogens with zero attached hydrogens (tertiary/aromatic N) is 10. The van der Waals surface area contributed by atoms with E-state index in [1.54, 1.807) is 24.8 Å². The van der Waals surface area contributed by atoms with Crippen LogP contribution in [0.5, 0.6) is 0 Å². The third-order valence-corrected chi connectivity index (χ3v) is 10.8. The van der Waals surface area contributed by atoms with Crippen molar-refractivity contribution in [1.29, 1.82) is 0 Å². The lowest BCUT2D eigenvalue weighted by Gasteiger charge is -2.14. The second-order valence-corrected chi connectivity index (χ2v) is 14.1. The summed E-state index contributed by atoms with van der Waals surface area (Å²) in [4.78, 5) is 38.6. The van der Waals surface area contributed by atoms with Gasteiger partial charge < -0.3 is 4.57 Å². The summed E-state index contributed by atoms with van der Waals surface area (Å²) in [5.41, 5.74) is 11.7. The fraction of sp³-hybridized carbons (Fsp3) is 0. The average Bonchev–Trinajstić information content (AvgIpc) is 3.82. The zero-order valence-corrected chi connectivity index (χ0v) is 30.6. The molecule has 0 saturated heterocycles. The van der Waals surface area contributed by atoms with Crippen LogP contribution < -0.4 is 0 Å². The maximum atomic E-state index is 5.31. The van der Waals surface area contributed by atoms with E-state index in [-0.39, 0.29) is 0 Å². The molecule has 58 heavy (non-hydrogen) atoms. The van der Waals surface area contributed by atoms with E-state index in [4.69, 9.17) is 15.0 Å². The van der Waals surface area contributed by atoms with Crippen molar-refractivity contribution >= 4 is 65.7 Å². The zero-order valence-electron chi connectivity index (χ0n) is 30.6. The first kappa shape index (κ1) is 32.0. The first-order valence-corrected chi connectivity index (χ1v) is 18.9.